The Balaban J connectivity index is 1.28. The highest BCUT2D eigenvalue weighted by molar-refractivity contribution is 5.99. The molecule has 2 fully saturated rings. The third-order valence-electron chi connectivity index (χ3n) is 12.4. The minimum absolute atomic E-state index is 0.00791. The molecule has 2 aliphatic rings. The Bertz CT molecular complexity index is 2640. The van der Waals surface area contributed by atoms with Crippen molar-refractivity contribution in [3.05, 3.63) is 102 Å². The lowest BCUT2D eigenvalue weighted by molar-refractivity contribution is -0.137. The van der Waals surface area contributed by atoms with Crippen LogP contribution in [0.15, 0.2) is 90.4 Å². The summed E-state index contributed by atoms with van der Waals surface area (Å²) in [5, 5.41) is 19.5. The van der Waals surface area contributed by atoms with Gasteiger partial charge in [0, 0.05) is 61.2 Å². The van der Waals surface area contributed by atoms with E-state index in [-0.39, 0.29) is 70.3 Å². The van der Waals surface area contributed by atoms with Crippen LogP contribution >= 0.6 is 0 Å². The number of imidazole rings is 1. The molecule has 3 heterocycles. The zero-order valence-corrected chi connectivity index (χ0v) is 36.9. The molecule has 5 aromatic rings. The van der Waals surface area contributed by atoms with Gasteiger partial charge in [0.25, 0.3) is 0 Å². The summed E-state index contributed by atoms with van der Waals surface area (Å²) in [7, 11) is 0. The normalized spacial score (nSPS) is 22.2. The van der Waals surface area contributed by atoms with Crippen molar-refractivity contribution in [2.45, 2.75) is 106 Å². The zero-order valence-electron chi connectivity index (χ0n) is 36.9. The SMILES string of the molecule is NC(=O)[C@@H]1CCC(=O)NC2(CCCC2)C(=O)N[C@@H](Cc2cnc[nH]2)C(=O)N[C@H](Cc2ccc3ccccc3c2)C(=O)N[C@@H](CCCN=C(N)N)C(=O)N[C@@H](Cc2c[nH]c3ccccc23)C(=O)N1. The van der Waals surface area contributed by atoms with Crippen LogP contribution in [0.5, 0.6) is 0 Å². The molecule has 0 radical (unpaired) electrons. The monoisotopic (exact) mass is 915 g/mol. The fourth-order valence-corrected chi connectivity index (χ4v) is 8.80. The summed E-state index contributed by atoms with van der Waals surface area (Å²) < 4.78 is 0. The standard InChI is InChI=1S/C47H57N13O7/c48-40(62)34-15-16-39(61)60-47(17-5-6-18-47)45(67)59-38(23-31-25-51-26-54-31)44(66)57-36(21-27-13-14-28-8-1-2-9-29(28)20-27)42(64)56-35(12-7-19-52-46(49)50)41(63)58-37(43(65)55-34)22-30-24-53-33-11-4-3-10-32(30)33/h1-4,8-11,13-14,20,24-26,34-38,53H,5-7,12,15-19,21-23H2,(H2,48,62)(H,51,54)(H,55,65)(H,56,64)(H,57,66)(H,58,63)(H,59,67)(H,60,61)(H4,49,50,52)/t34-,35-,36+,37-,38-/m0/s1. The Kier molecular flexibility index (Phi) is 15.1. The molecule has 1 saturated carbocycles. The van der Waals surface area contributed by atoms with Gasteiger partial charge in [0.15, 0.2) is 5.96 Å². The van der Waals surface area contributed by atoms with Crippen molar-refractivity contribution in [3.63, 3.8) is 0 Å². The topological polar surface area (TPSA) is 327 Å². The number of nitrogens with zero attached hydrogens (tertiary/aromatic N) is 2. The van der Waals surface area contributed by atoms with E-state index in [0.717, 1.165) is 21.7 Å². The number of hydrogen-bond acceptors (Lipinski definition) is 9. The number of aliphatic imine (C=N–C) groups is 1. The lowest BCUT2D eigenvalue weighted by atomic mass is 9.94. The first kappa shape index (κ1) is 47.2. The molecule has 20 heteroatoms. The van der Waals surface area contributed by atoms with E-state index in [0.29, 0.717) is 29.7 Å². The quantitative estimate of drug-likeness (QED) is 0.0488. The number of benzene rings is 3. The molecule has 0 bridgehead atoms. The second-order valence-electron chi connectivity index (χ2n) is 17.2. The number of para-hydroxylation sites is 1. The number of aromatic nitrogens is 3. The summed E-state index contributed by atoms with van der Waals surface area (Å²) in [6, 6.07) is 14.1. The maximum Gasteiger partial charge on any atom is 0.246 e. The molecule has 1 aliphatic heterocycles. The van der Waals surface area contributed by atoms with Crippen molar-refractivity contribution in [2.24, 2.45) is 22.2 Å². The van der Waals surface area contributed by atoms with Crippen LogP contribution in [0.2, 0.25) is 0 Å². The fourth-order valence-electron chi connectivity index (χ4n) is 8.80. The smallest absolute Gasteiger partial charge is 0.246 e. The van der Waals surface area contributed by atoms with Crippen molar-refractivity contribution in [1.82, 2.24) is 46.9 Å². The van der Waals surface area contributed by atoms with Crippen LogP contribution in [0.1, 0.15) is 68.2 Å². The van der Waals surface area contributed by atoms with Gasteiger partial charge in [-0.2, -0.15) is 0 Å². The van der Waals surface area contributed by atoms with E-state index in [1.807, 2.05) is 66.7 Å². The average molecular weight is 916 g/mol. The molecular weight excluding hydrogens is 859 g/mol. The molecule has 1 aliphatic carbocycles. The Morgan fingerprint density at radius 1 is 0.716 bits per heavy atom. The van der Waals surface area contributed by atoms with Gasteiger partial charge in [-0.15, -0.1) is 0 Å². The Morgan fingerprint density at radius 2 is 1.37 bits per heavy atom. The molecule has 67 heavy (non-hydrogen) atoms. The zero-order chi connectivity index (χ0) is 47.5. The number of aromatic amines is 2. The third kappa shape index (κ3) is 12.1. The van der Waals surface area contributed by atoms with Gasteiger partial charge in [0.2, 0.25) is 41.4 Å². The minimum Gasteiger partial charge on any atom is -0.370 e. The fraction of sp³-hybridized carbons (Fsp3) is 0.383. The molecule has 7 rings (SSSR count). The van der Waals surface area contributed by atoms with Crippen LogP contribution in [0, 0.1) is 0 Å². The van der Waals surface area contributed by atoms with Gasteiger partial charge >= 0.3 is 0 Å². The number of nitrogens with one attached hydrogen (secondary N) is 8. The average Bonchev–Trinajstić information content (AvgIpc) is 4.10. The molecule has 352 valence electrons. The number of carbonyl (C=O) groups is 7. The maximum absolute atomic E-state index is 14.7. The van der Waals surface area contributed by atoms with Crippen LogP contribution in [0.25, 0.3) is 21.7 Å². The third-order valence-corrected chi connectivity index (χ3v) is 12.4. The first-order valence-electron chi connectivity index (χ1n) is 22.4. The molecule has 14 N–H and O–H groups in total. The summed E-state index contributed by atoms with van der Waals surface area (Å²) in [4.78, 5) is 113. The first-order valence-corrected chi connectivity index (χ1v) is 22.4. The summed E-state index contributed by atoms with van der Waals surface area (Å²) in [5.74, 6) is -5.29. The predicted octanol–water partition coefficient (Wildman–Crippen LogP) is 0.258. The number of fused-ring (bicyclic) bond motifs is 2. The summed E-state index contributed by atoms with van der Waals surface area (Å²) in [5.41, 5.74) is 18.2. The number of nitrogens with two attached hydrogens (primary N) is 3. The van der Waals surface area contributed by atoms with Crippen molar-refractivity contribution in [2.75, 3.05) is 6.54 Å². The predicted molar refractivity (Wildman–Crippen MR) is 249 cm³/mol. The van der Waals surface area contributed by atoms with Gasteiger partial charge < -0.3 is 59.1 Å². The van der Waals surface area contributed by atoms with Gasteiger partial charge in [-0.25, -0.2) is 4.98 Å². The largest absolute Gasteiger partial charge is 0.370 e. The van der Waals surface area contributed by atoms with E-state index in [4.69, 9.17) is 17.2 Å². The Hall–Kier alpha value is -7.77. The lowest BCUT2D eigenvalue weighted by Gasteiger charge is -2.32. The Morgan fingerprint density at radius 3 is 2.09 bits per heavy atom. The maximum atomic E-state index is 14.7. The molecule has 3 aromatic carbocycles. The van der Waals surface area contributed by atoms with E-state index < -0.39 is 77.1 Å². The molecule has 0 unspecified atom stereocenters. The van der Waals surface area contributed by atoms with Crippen LogP contribution in [-0.2, 0) is 52.8 Å². The number of carbonyl (C=O) groups excluding carboxylic acids is 7. The van der Waals surface area contributed by atoms with E-state index in [9.17, 15) is 33.6 Å². The highest BCUT2D eigenvalue weighted by Crippen LogP contribution is 2.31. The van der Waals surface area contributed by atoms with E-state index in [1.165, 1.54) is 12.5 Å². The summed E-state index contributed by atoms with van der Waals surface area (Å²) >= 11 is 0. The van der Waals surface area contributed by atoms with E-state index >= 15 is 0 Å². The van der Waals surface area contributed by atoms with Crippen molar-refractivity contribution in [1.29, 1.82) is 0 Å². The van der Waals surface area contributed by atoms with Crippen molar-refractivity contribution in [3.8, 4) is 0 Å². The van der Waals surface area contributed by atoms with Crippen molar-refractivity contribution >= 4 is 69.0 Å². The van der Waals surface area contributed by atoms with Gasteiger partial charge in [-0.05, 0) is 60.1 Å². The number of H-pyrrole nitrogens is 2. The second kappa shape index (κ2) is 21.5. The molecule has 20 nitrogen and oxygen atoms in total. The van der Waals surface area contributed by atoms with Crippen LogP contribution < -0.4 is 49.1 Å². The molecule has 1 saturated heterocycles. The number of hydrogen-bond donors (Lipinski definition) is 11. The van der Waals surface area contributed by atoms with Crippen LogP contribution in [0.3, 0.4) is 0 Å². The van der Waals surface area contributed by atoms with Crippen LogP contribution in [-0.4, -0.2) is 105 Å². The first-order chi connectivity index (χ1) is 32.3. The molecule has 2 aromatic heterocycles. The Labute approximate surface area is 385 Å². The summed E-state index contributed by atoms with van der Waals surface area (Å²) in [6.45, 7) is 0.100. The lowest BCUT2D eigenvalue weighted by Crippen LogP contribution is -2.63. The number of primary amides is 1. The van der Waals surface area contributed by atoms with Crippen LogP contribution in [0.4, 0.5) is 0 Å². The highest BCUT2D eigenvalue weighted by atomic mass is 16.2. The van der Waals surface area contributed by atoms with E-state index in [2.05, 4.69) is 51.8 Å². The van der Waals surface area contributed by atoms with Gasteiger partial charge in [0.05, 0.1) is 6.33 Å². The summed E-state index contributed by atoms with van der Waals surface area (Å²) in [6.07, 6.45) is 5.92. The highest BCUT2D eigenvalue weighted by Gasteiger charge is 2.44. The number of amides is 7. The van der Waals surface area contributed by atoms with Gasteiger partial charge in [-0.3, -0.25) is 38.6 Å². The van der Waals surface area contributed by atoms with Gasteiger partial charge in [0.1, 0.15) is 35.7 Å². The van der Waals surface area contributed by atoms with E-state index in [1.54, 1.807) is 6.20 Å². The number of rotatable bonds is 11. The molecule has 7 amide bonds. The molecule has 5 atom stereocenters. The molecule has 1 spiro atoms. The van der Waals surface area contributed by atoms with Gasteiger partial charge in [-0.1, -0.05) is 73.5 Å². The molecular formula is C47H57N13O7. The second-order valence-corrected chi connectivity index (χ2v) is 17.2. The van der Waals surface area contributed by atoms with Crippen molar-refractivity contribution < 1.29 is 33.6 Å². The number of guanidine groups is 1. The minimum atomic E-state index is -1.40.